The van der Waals surface area contributed by atoms with Crippen LogP contribution in [0.25, 0.3) is 5.69 Å². The molecule has 27 heavy (non-hydrogen) atoms. The second-order valence-electron chi connectivity index (χ2n) is 6.20. The first-order valence-corrected chi connectivity index (χ1v) is 8.84. The number of aromatic nitrogens is 2. The molecule has 0 spiro atoms. The maximum atomic E-state index is 5.44. The molecule has 1 N–H and O–H groups in total. The van der Waals surface area contributed by atoms with Crippen molar-refractivity contribution in [1.29, 1.82) is 0 Å². The molecule has 3 rings (SSSR count). The molecule has 0 radical (unpaired) electrons. The molecule has 0 fully saturated rings. The van der Waals surface area contributed by atoms with Crippen LogP contribution in [0.2, 0.25) is 0 Å². The fourth-order valence-corrected chi connectivity index (χ4v) is 2.90. The number of methoxy groups -OCH3 is 1. The van der Waals surface area contributed by atoms with Crippen LogP contribution in [-0.2, 0) is 13.1 Å². The Hall–Kier alpha value is -3.28. The molecule has 0 aliphatic rings. The maximum absolute atomic E-state index is 5.44. The highest BCUT2D eigenvalue weighted by Gasteiger charge is 2.10. The van der Waals surface area contributed by atoms with E-state index < -0.39 is 0 Å². The highest BCUT2D eigenvalue weighted by Crippen LogP contribution is 2.18. The van der Waals surface area contributed by atoms with E-state index in [0.29, 0.717) is 13.1 Å². The first-order chi connectivity index (χ1) is 13.2. The first kappa shape index (κ1) is 18.5. The first-order valence-electron chi connectivity index (χ1n) is 8.84. The van der Waals surface area contributed by atoms with E-state index in [9.17, 15) is 0 Å². The van der Waals surface area contributed by atoms with Crippen molar-refractivity contribution >= 4 is 5.96 Å². The lowest BCUT2D eigenvalue weighted by atomic mass is 10.2. The second kappa shape index (κ2) is 8.89. The number of hydrogen-bond acceptors (Lipinski definition) is 3. The zero-order chi connectivity index (χ0) is 19.1. The average molecular weight is 363 g/mol. The molecule has 3 aromatic rings. The number of guanidine groups is 1. The van der Waals surface area contributed by atoms with Gasteiger partial charge in [0.2, 0.25) is 0 Å². The number of ether oxygens (including phenoxy) is 1. The van der Waals surface area contributed by atoms with Gasteiger partial charge in [0.25, 0.3) is 0 Å². The monoisotopic (exact) mass is 363 g/mol. The van der Waals surface area contributed by atoms with Gasteiger partial charge in [-0.2, -0.15) is 5.10 Å². The SMILES string of the molecule is CN=C(NCc1cnn(-c2ccccc2)c1)N(C)Cc1ccccc1OC. The molecule has 0 amide bonds. The van der Waals surface area contributed by atoms with Crippen molar-refractivity contribution in [2.75, 3.05) is 21.2 Å². The van der Waals surface area contributed by atoms with E-state index in [0.717, 1.165) is 28.5 Å². The van der Waals surface area contributed by atoms with Crippen LogP contribution in [0.3, 0.4) is 0 Å². The van der Waals surface area contributed by atoms with Crippen LogP contribution in [0.4, 0.5) is 0 Å². The molecule has 0 aliphatic heterocycles. The van der Waals surface area contributed by atoms with Gasteiger partial charge in [0, 0.05) is 44.5 Å². The molecule has 0 saturated carbocycles. The summed E-state index contributed by atoms with van der Waals surface area (Å²) in [6.45, 7) is 1.35. The molecule has 6 nitrogen and oxygen atoms in total. The highest BCUT2D eigenvalue weighted by atomic mass is 16.5. The van der Waals surface area contributed by atoms with Gasteiger partial charge in [0.1, 0.15) is 5.75 Å². The molecule has 2 aromatic carbocycles. The number of nitrogens with one attached hydrogen (secondary N) is 1. The predicted molar refractivity (Wildman–Crippen MR) is 108 cm³/mol. The van der Waals surface area contributed by atoms with Gasteiger partial charge < -0.3 is 15.0 Å². The normalized spacial score (nSPS) is 11.3. The molecule has 0 unspecified atom stereocenters. The minimum Gasteiger partial charge on any atom is -0.496 e. The summed E-state index contributed by atoms with van der Waals surface area (Å²) in [7, 11) is 5.49. The van der Waals surface area contributed by atoms with Crippen molar-refractivity contribution in [2.45, 2.75) is 13.1 Å². The quantitative estimate of drug-likeness (QED) is 0.540. The smallest absolute Gasteiger partial charge is 0.193 e. The molecular weight excluding hydrogens is 338 g/mol. The fourth-order valence-electron chi connectivity index (χ4n) is 2.90. The van der Waals surface area contributed by atoms with Crippen LogP contribution >= 0.6 is 0 Å². The molecule has 1 heterocycles. The largest absolute Gasteiger partial charge is 0.496 e. The number of nitrogens with zero attached hydrogens (tertiary/aromatic N) is 4. The van der Waals surface area contributed by atoms with E-state index in [-0.39, 0.29) is 0 Å². The van der Waals surface area contributed by atoms with Crippen LogP contribution in [-0.4, -0.2) is 41.8 Å². The third-order valence-electron chi connectivity index (χ3n) is 4.28. The summed E-state index contributed by atoms with van der Waals surface area (Å²) in [5, 5.41) is 7.82. The van der Waals surface area contributed by atoms with Crippen molar-refractivity contribution in [3.8, 4) is 11.4 Å². The Morgan fingerprint density at radius 3 is 2.63 bits per heavy atom. The lowest BCUT2D eigenvalue weighted by molar-refractivity contribution is 0.396. The maximum Gasteiger partial charge on any atom is 0.193 e. The van der Waals surface area contributed by atoms with Gasteiger partial charge in [-0.1, -0.05) is 36.4 Å². The Balaban J connectivity index is 1.61. The molecule has 140 valence electrons. The van der Waals surface area contributed by atoms with Crippen LogP contribution in [0.1, 0.15) is 11.1 Å². The summed E-state index contributed by atoms with van der Waals surface area (Å²) in [5.41, 5.74) is 3.24. The Morgan fingerprint density at radius 2 is 1.89 bits per heavy atom. The minimum atomic E-state index is 0.649. The molecule has 1 aromatic heterocycles. The summed E-state index contributed by atoms with van der Waals surface area (Å²) in [6.07, 6.45) is 3.89. The van der Waals surface area contributed by atoms with Gasteiger partial charge in [0.05, 0.1) is 19.0 Å². The topological polar surface area (TPSA) is 54.7 Å². The number of aliphatic imine (C=N–C) groups is 1. The lowest BCUT2D eigenvalue weighted by Crippen LogP contribution is -2.38. The lowest BCUT2D eigenvalue weighted by Gasteiger charge is -2.23. The van der Waals surface area contributed by atoms with Gasteiger partial charge in [-0.05, 0) is 18.2 Å². The third-order valence-corrected chi connectivity index (χ3v) is 4.28. The minimum absolute atomic E-state index is 0.649. The number of rotatable bonds is 6. The number of benzene rings is 2. The molecular formula is C21H25N5O. The Morgan fingerprint density at radius 1 is 1.15 bits per heavy atom. The van der Waals surface area contributed by atoms with Crippen molar-refractivity contribution in [2.24, 2.45) is 4.99 Å². The molecule has 0 bridgehead atoms. The van der Waals surface area contributed by atoms with Gasteiger partial charge >= 0.3 is 0 Å². The Bertz CT molecular complexity index is 888. The average Bonchev–Trinajstić information content (AvgIpc) is 3.18. The van der Waals surface area contributed by atoms with Gasteiger partial charge in [-0.3, -0.25) is 4.99 Å². The van der Waals surface area contributed by atoms with Crippen LogP contribution in [0.5, 0.6) is 5.75 Å². The van der Waals surface area contributed by atoms with Crippen LogP contribution in [0, 0.1) is 0 Å². The molecule has 0 saturated heterocycles. The molecule has 6 heteroatoms. The second-order valence-corrected chi connectivity index (χ2v) is 6.20. The van der Waals surface area contributed by atoms with Gasteiger partial charge in [-0.25, -0.2) is 4.68 Å². The Labute approximate surface area is 160 Å². The standard InChI is InChI=1S/C21H25N5O/c1-22-21(25(2)16-18-9-7-8-12-20(18)27-3)23-13-17-14-24-26(15-17)19-10-5-4-6-11-19/h4-12,14-15H,13,16H2,1-3H3,(H,22,23). The summed E-state index contributed by atoms with van der Waals surface area (Å²) in [5.74, 6) is 1.69. The van der Waals surface area contributed by atoms with Crippen molar-refractivity contribution < 1.29 is 4.74 Å². The highest BCUT2D eigenvalue weighted by molar-refractivity contribution is 5.79. The van der Waals surface area contributed by atoms with E-state index in [1.165, 1.54) is 0 Å². The summed E-state index contributed by atoms with van der Waals surface area (Å²) in [6, 6.07) is 18.1. The van der Waals surface area contributed by atoms with Crippen molar-refractivity contribution in [3.05, 3.63) is 78.1 Å². The summed E-state index contributed by atoms with van der Waals surface area (Å²) in [4.78, 5) is 6.45. The van der Waals surface area contributed by atoms with E-state index in [1.54, 1.807) is 14.2 Å². The summed E-state index contributed by atoms with van der Waals surface area (Å²) < 4.78 is 7.31. The van der Waals surface area contributed by atoms with E-state index in [1.807, 2.05) is 72.7 Å². The van der Waals surface area contributed by atoms with Crippen molar-refractivity contribution in [3.63, 3.8) is 0 Å². The number of para-hydroxylation sites is 2. The van der Waals surface area contributed by atoms with Crippen LogP contribution in [0.15, 0.2) is 72.0 Å². The zero-order valence-electron chi connectivity index (χ0n) is 16.0. The Kier molecular flexibility index (Phi) is 6.10. The summed E-state index contributed by atoms with van der Waals surface area (Å²) >= 11 is 0. The number of hydrogen-bond donors (Lipinski definition) is 1. The van der Waals surface area contributed by atoms with E-state index >= 15 is 0 Å². The zero-order valence-corrected chi connectivity index (χ0v) is 16.0. The van der Waals surface area contributed by atoms with Gasteiger partial charge in [0.15, 0.2) is 5.96 Å². The van der Waals surface area contributed by atoms with Crippen molar-refractivity contribution in [1.82, 2.24) is 20.0 Å². The fraction of sp³-hybridized carbons (Fsp3) is 0.238. The van der Waals surface area contributed by atoms with E-state index in [4.69, 9.17) is 4.74 Å². The van der Waals surface area contributed by atoms with Gasteiger partial charge in [-0.15, -0.1) is 0 Å². The predicted octanol–water partition coefficient (Wildman–Crippen LogP) is 3.09. The molecule has 0 aliphatic carbocycles. The third kappa shape index (κ3) is 4.67. The molecule has 0 atom stereocenters. The van der Waals surface area contributed by atoms with E-state index in [2.05, 4.69) is 26.4 Å². The van der Waals surface area contributed by atoms with Crippen LogP contribution < -0.4 is 10.1 Å².